The van der Waals surface area contributed by atoms with E-state index < -0.39 is 6.10 Å². The number of rotatable bonds is 6. The lowest BCUT2D eigenvalue weighted by Gasteiger charge is -2.36. The third-order valence-electron chi connectivity index (χ3n) is 5.18. The molecule has 0 aromatic heterocycles. The van der Waals surface area contributed by atoms with E-state index in [-0.39, 0.29) is 0 Å². The number of fused-ring (bicyclic) bond motifs is 1. The van der Waals surface area contributed by atoms with Crippen molar-refractivity contribution in [3.8, 4) is 5.75 Å². The molecule has 1 heterocycles. The quantitative estimate of drug-likeness (QED) is 0.623. The molecule has 1 fully saturated rings. The molecule has 1 saturated heterocycles. The molecule has 0 amide bonds. The van der Waals surface area contributed by atoms with E-state index >= 15 is 0 Å². The molecule has 1 N–H and O–H groups in total. The molecular weight excluding hydrogens is 416 g/mol. The summed E-state index contributed by atoms with van der Waals surface area (Å²) in [6.07, 6.45) is -0.496. The first-order valence-electron chi connectivity index (χ1n) is 9.70. The lowest BCUT2D eigenvalue weighted by atomic mass is 10.1. The Morgan fingerprint density at radius 1 is 0.893 bits per heavy atom. The second-order valence-corrected chi connectivity index (χ2v) is 8.16. The minimum atomic E-state index is -0.496. The van der Waals surface area contributed by atoms with Crippen molar-refractivity contribution >= 4 is 32.4 Å². The largest absolute Gasteiger partial charge is 0.491 e. The van der Waals surface area contributed by atoms with E-state index in [0.717, 1.165) is 41.8 Å². The van der Waals surface area contributed by atoms with E-state index in [0.29, 0.717) is 13.2 Å². The number of nitrogens with zero attached hydrogens (tertiary/aromatic N) is 2. The SMILES string of the molecule is OC(COc1ccc2cc(Br)ccc2c1)CN1CCN(c2ccccc2)CC1. The van der Waals surface area contributed by atoms with Gasteiger partial charge in [-0.1, -0.05) is 46.3 Å². The molecule has 1 unspecified atom stereocenters. The topological polar surface area (TPSA) is 35.9 Å². The van der Waals surface area contributed by atoms with Crippen LogP contribution < -0.4 is 9.64 Å². The highest BCUT2D eigenvalue weighted by Crippen LogP contribution is 2.24. The van der Waals surface area contributed by atoms with Crippen molar-refractivity contribution in [2.75, 3.05) is 44.2 Å². The van der Waals surface area contributed by atoms with Gasteiger partial charge in [0.1, 0.15) is 18.5 Å². The molecule has 1 atom stereocenters. The zero-order valence-electron chi connectivity index (χ0n) is 15.8. The van der Waals surface area contributed by atoms with Crippen molar-refractivity contribution in [2.45, 2.75) is 6.10 Å². The van der Waals surface area contributed by atoms with Gasteiger partial charge in [0.25, 0.3) is 0 Å². The van der Waals surface area contributed by atoms with Crippen LogP contribution in [0.3, 0.4) is 0 Å². The fourth-order valence-corrected chi connectivity index (χ4v) is 4.03. The molecule has 146 valence electrons. The average Bonchev–Trinajstić information content (AvgIpc) is 2.73. The molecule has 0 spiro atoms. The van der Waals surface area contributed by atoms with Gasteiger partial charge in [0.05, 0.1) is 0 Å². The predicted molar refractivity (Wildman–Crippen MR) is 118 cm³/mol. The van der Waals surface area contributed by atoms with Crippen LogP contribution in [0.2, 0.25) is 0 Å². The van der Waals surface area contributed by atoms with Gasteiger partial charge in [-0.2, -0.15) is 0 Å². The van der Waals surface area contributed by atoms with Gasteiger partial charge in [-0.25, -0.2) is 0 Å². The molecule has 1 aliphatic rings. The number of para-hydroxylation sites is 1. The van der Waals surface area contributed by atoms with Crippen LogP contribution in [0.25, 0.3) is 10.8 Å². The molecule has 3 aromatic rings. The molecule has 1 aliphatic heterocycles. The zero-order valence-corrected chi connectivity index (χ0v) is 17.4. The van der Waals surface area contributed by atoms with Gasteiger partial charge in [-0.05, 0) is 47.2 Å². The van der Waals surface area contributed by atoms with Gasteiger partial charge in [-0.15, -0.1) is 0 Å². The molecule has 0 saturated carbocycles. The fourth-order valence-electron chi connectivity index (χ4n) is 3.66. The number of piperazine rings is 1. The Morgan fingerprint density at radius 2 is 1.61 bits per heavy atom. The first-order chi connectivity index (χ1) is 13.7. The second kappa shape index (κ2) is 8.95. The van der Waals surface area contributed by atoms with E-state index in [1.165, 1.54) is 11.1 Å². The highest BCUT2D eigenvalue weighted by Gasteiger charge is 2.19. The van der Waals surface area contributed by atoms with E-state index in [2.05, 4.69) is 62.1 Å². The third kappa shape index (κ3) is 4.85. The molecule has 5 heteroatoms. The van der Waals surface area contributed by atoms with Crippen LogP contribution >= 0.6 is 15.9 Å². The van der Waals surface area contributed by atoms with E-state index in [4.69, 9.17) is 4.74 Å². The van der Waals surface area contributed by atoms with Crippen LogP contribution in [0.4, 0.5) is 5.69 Å². The lowest BCUT2D eigenvalue weighted by Crippen LogP contribution is -2.49. The molecule has 0 bridgehead atoms. The molecular formula is C23H25BrN2O2. The van der Waals surface area contributed by atoms with E-state index in [1.807, 2.05) is 30.3 Å². The summed E-state index contributed by atoms with van der Waals surface area (Å²) in [5, 5.41) is 12.7. The number of β-amino-alcohol motifs (C(OH)–C–C–N with tert-alkyl or cyclic N) is 1. The zero-order chi connectivity index (χ0) is 19.3. The molecule has 28 heavy (non-hydrogen) atoms. The normalized spacial score (nSPS) is 16.3. The summed E-state index contributed by atoms with van der Waals surface area (Å²) in [5.74, 6) is 0.794. The first-order valence-corrected chi connectivity index (χ1v) is 10.5. The van der Waals surface area contributed by atoms with Crippen molar-refractivity contribution in [3.63, 3.8) is 0 Å². The van der Waals surface area contributed by atoms with Crippen molar-refractivity contribution in [1.29, 1.82) is 0 Å². The van der Waals surface area contributed by atoms with Crippen molar-refractivity contribution < 1.29 is 9.84 Å². The Balaban J connectivity index is 1.25. The van der Waals surface area contributed by atoms with Crippen molar-refractivity contribution in [2.24, 2.45) is 0 Å². The number of anilines is 1. The number of hydrogen-bond donors (Lipinski definition) is 1. The molecule has 0 radical (unpaired) electrons. The second-order valence-electron chi connectivity index (χ2n) is 7.24. The van der Waals surface area contributed by atoms with Crippen LogP contribution in [0.1, 0.15) is 0 Å². The number of ether oxygens (including phenoxy) is 1. The van der Waals surface area contributed by atoms with Gasteiger partial charge < -0.3 is 14.7 Å². The van der Waals surface area contributed by atoms with Crippen LogP contribution in [-0.2, 0) is 0 Å². The maximum Gasteiger partial charge on any atom is 0.120 e. The summed E-state index contributed by atoms with van der Waals surface area (Å²) in [6, 6.07) is 22.7. The highest BCUT2D eigenvalue weighted by atomic mass is 79.9. The highest BCUT2D eigenvalue weighted by molar-refractivity contribution is 9.10. The minimum absolute atomic E-state index is 0.306. The van der Waals surface area contributed by atoms with Gasteiger partial charge in [0.15, 0.2) is 0 Å². The Morgan fingerprint density at radius 3 is 2.39 bits per heavy atom. The van der Waals surface area contributed by atoms with Crippen molar-refractivity contribution in [3.05, 3.63) is 71.2 Å². The monoisotopic (exact) mass is 440 g/mol. The number of aliphatic hydroxyl groups is 1. The number of aliphatic hydroxyl groups excluding tert-OH is 1. The van der Waals surface area contributed by atoms with Crippen LogP contribution in [0.15, 0.2) is 71.2 Å². The number of hydrogen-bond acceptors (Lipinski definition) is 4. The maximum atomic E-state index is 10.4. The number of benzene rings is 3. The lowest BCUT2D eigenvalue weighted by molar-refractivity contribution is 0.0663. The molecule has 4 nitrogen and oxygen atoms in total. The summed E-state index contributed by atoms with van der Waals surface area (Å²) in [6.45, 7) is 4.83. The molecule has 3 aromatic carbocycles. The third-order valence-corrected chi connectivity index (χ3v) is 5.67. The first kappa shape index (κ1) is 19.2. The Bertz CT molecular complexity index is 911. The standard InChI is InChI=1S/C23H25BrN2O2/c24-20-8-6-19-15-23(9-7-18(19)14-20)28-17-22(27)16-25-10-12-26(13-11-25)21-4-2-1-3-5-21/h1-9,14-15,22,27H,10-13,16-17H2. The average molecular weight is 441 g/mol. The molecule has 0 aliphatic carbocycles. The number of halogens is 1. The van der Waals surface area contributed by atoms with E-state index in [9.17, 15) is 5.11 Å². The van der Waals surface area contributed by atoms with Crippen LogP contribution in [-0.4, -0.2) is 55.4 Å². The van der Waals surface area contributed by atoms with Crippen LogP contribution in [0, 0.1) is 0 Å². The van der Waals surface area contributed by atoms with Crippen LogP contribution in [0.5, 0.6) is 5.75 Å². The Hall–Kier alpha value is -2.08. The van der Waals surface area contributed by atoms with E-state index in [1.54, 1.807) is 0 Å². The maximum absolute atomic E-state index is 10.4. The fraction of sp³-hybridized carbons (Fsp3) is 0.304. The summed E-state index contributed by atoms with van der Waals surface area (Å²) in [5.41, 5.74) is 1.27. The summed E-state index contributed by atoms with van der Waals surface area (Å²) in [4.78, 5) is 4.71. The summed E-state index contributed by atoms with van der Waals surface area (Å²) < 4.78 is 6.91. The summed E-state index contributed by atoms with van der Waals surface area (Å²) in [7, 11) is 0. The smallest absolute Gasteiger partial charge is 0.120 e. The van der Waals surface area contributed by atoms with Gasteiger partial charge in [0, 0.05) is 42.9 Å². The summed E-state index contributed by atoms with van der Waals surface area (Å²) >= 11 is 3.49. The molecule has 4 rings (SSSR count). The minimum Gasteiger partial charge on any atom is -0.491 e. The van der Waals surface area contributed by atoms with Crippen molar-refractivity contribution in [1.82, 2.24) is 4.90 Å². The predicted octanol–water partition coefficient (Wildman–Crippen LogP) is 4.16. The van der Waals surface area contributed by atoms with Gasteiger partial charge >= 0.3 is 0 Å². The Kier molecular flexibility index (Phi) is 6.15. The Labute approximate surface area is 174 Å². The van der Waals surface area contributed by atoms with Gasteiger partial charge in [-0.3, -0.25) is 4.90 Å². The van der Waals surface area contributed by atoms with Gasteiger partial charge in [0.2, 0.25) is 0 Å².